The molecule has 0 saturated heterocycles. The first-order valence-electron chi connectivity index (χ1n) is 10.6. The second kappa shape index (κ2) is 9.02. The molecular weight excluding hydrogens is 398 g/mol. The van der Waals surface area contributed by atoms with Crippen LogP contribution in [0.2, 0.25) is 0 Å². The first-order valence-corrected chi connectivity index (χ1v) is 10.6. The molecule has 0 fully saturated rings. The van der Waals surface area contributed by atoms with Gasteiger partial charge in [0.2, 0.25) is 0 Å². The highest BCUT2D eigenvalue weighted by Gasteiger charge is 2.24. The van der Waals surface area contributed by atoms with Gasteiger partial charge in [0.15, 0.2) is 0 Å². The van der Waals surface area contributed by atoms with Crippen LogP contribution in [0.3, 0.4) is 0 Å². The maximum absolute atomic E-state index is 13.4. The SMILES string of the molecule is CC(C)c1ccc(NC(=O)c2c(-c3ccccc3)c(-c3ccccc3)nn(C)c2=O)cc1. The Morgan fingerprint density at radius 3 is 1.97 bits per heavy atom. The maximum atomic E-state index is 13.4. The van der Waals surface area contributed by atoms with Crippen LogP contribution in [0.5, 0.6) is 0 Å². The molecule has 0 bridgehead atoms. The van der Waals surface area contributed by atoms with Gasteiger partial charge in [0.05, 0.1) is 5.69 Å². The van der Waals surface area contributed by atoms with Gasteiger partial charge in [0.25, 0.3) is 11.5 Å². The third-order valence-corrected chi connectivity index (χ3v) is 5.42. The predicted molar refractivity (Wildman–Crippen MR) is 129 cm³/mol. The highest BCUT2D eigenvalue weighted by Crippen LogP contribution is 2.32. The van der Waals surface area contributed by atoms with Crippen molar-refractivity contribution in [1.82, 2.24) is 9.78 Å². The van der Waals surface area contributed by atoms with Gasteiger partial charge in [-0.1, -0.05) is 86.6 Å². The zero-order chi connectivity index (χ0) is 22.7. The second-order valence-corrected chi connectivity index (χ2v) is 7.99. The monoisotopic (exact) mass is 423 g/mol. The van der Waals surface area contributed by atoms with Crippen LogP contribution in [-0.2, 0) is 7.05 Å². The average molecular weight is 424 g/mol. The summed E-state index contributed by atoms with van der Waals surface area (Å²) in [4.78, 5) is 26.6. The third-order valence-electron chi connectivity index (χ3n) is 5.42. The Balaban J connectivity index is 1.88. The summed E-state index contributed by atoms with van der Waals surface area (Å²) in [5.41, 5.74) is 4.14. The molecular formula is C27H25N3O2. The minimum absolute atomic E-state index is 0.0699. The van der Waals surface area contributed by atoms with E-state index in [4.69, 9.17) is 0 Å². The summed E-state index contributed by atoms with van der Waals surface area (Å²) in [5, 5.41) is 7.43. The van der Waals surface area contributed by atoms with E-state index in [1.807, 2.05) is 84.9 Å². The molecule has 0 aliphatic carbocycles. The molecule has 0 spiro atoms. The number of anilines is 1. The van der Waals surface area contributed by atoms with Crippen LogP contribution in [-0.4, -0.2) is 15.7 Å². The minimum atomic E-state index is -0.457. The molecule has 4 rings (SSSR count). The van der Waals surface area contributed by atoms with Crippen molar-refractivity contribution < 1.29 is 4.79 Å². The van der Waals surface area contributed by atoms with E-state index in [0.717, 1.165) is 11.1 Å². The topological polar surface area (TPSA) is 64.0 Å². The Bertz CT molecular complexity index is 1290. The van der Waals surface area contributed by atoms with Gasteiger partial charge in [-0.15, -0.1) is 0 Å². The lowest BCUT2D eigenvalue weighted by atomic mass is 9.95. The Labute approximate surface area is 187 Å². The van der Waals surface area contributed by atoms with E-state index < -0.39 is 11.5 Å². The Hall–Kier alpha value is -3.99. The van der Waals surface area contributed by atoms with Gasteiger partial charge in [-0.05, 0) is 29.2 Å². The first kappa shape index (κ1) is 21.2. The van der Waals surface area contributed by atoms with Crippen molar-refractivity contribution in [2.24, 2.45) is 7.05 Å². The number of nitrogens with zero attached hydrogens (tertiary/aromatic N) is 2. The summed E-state index contributed by atoms with van der Waals surface area (Å²) < 4.78 is 1.23. The molecule has 1 amide bonds. The molecule has 5 nitrogen and oxygen atoms in total. The van der Waals surface area contributed by atoms with Gasteiger partial charge in [-0.2, -0.15) is 5.10 Å². The van der Waals surface area contributed by atoms with Crippen molar-refractivity contribution in [2.75, 3.05) is 5.32 Å². The summed E-state index contributed by atoms with van der Waals surface area (Å²) in [6.07, 6.45) is 0. The molecule has 0 aliphatic rings. The zero-order valence-corrected chi connectivity index (χ0v) is 18.4. The molecule has 32 heavy (non-hydrogen) atoms. The Morgan fingerprint density at radius 2 is 1.41 bits per heavy atom. The van der Waals surface area contributed by atoms with Crippen molar-refractivity contribution >= 4 is 11.6 Å². The molecule has 3 aromatic carbocycles. The van der Waals surface area contributed by atoms with Crippen molar-refractivity contribution in [3.63, 3.8) is 0 Å². The largest absolute Gasteiger partial charge is 0.322 e. The molecule has 1 N–H and O–H groups in total. The van der Waals surface area contributed by atoms with E-state index in [2.05, 4.69) is 24.3 Å². The first-order chi connectivity index (χ1) is 15.5. The molecule has 1 aromatic heterocycles. The number of carbonyl (C=O) groups excluding carboxylic acids is 1. The molecule has 4 aromatic rings. The highest BCUT2D eigenvalue weighted by atomic mass is 16.2. The predicted octanol–water partition coefficient (Wildman–Crippen LogP) is 5.49. The smallest absolute Gasteiger partial charge is 0.280 e. The lowest BCUT2D eigenvalue weighted by Gasteiger charge is -2.16. The van der Waals surface area contributed by atoms with Crippen LogP contribution in [0.15, 0.2) is 89.7 Å². The lowest BCUT2D eigenvalue weighted by molar-refractivity contribution is 0.102. The van der Waals surface area contributed by atoms with E-state index in [9.17, 15) is 9.59 Å². The number of carbonyl (C=O) groups is 1. The van der Waals surface area contributed by atoms with E-state index in [1.165, 1.54) is 10.2 Å². The molecule has 0 aliphatic heterocycles. The van der Waals surface area contributed by atoms with Crippen molar-refractivity contribution in [3.8, 4) is 22.4 Å². The van der Waals surface area contributed by atoms with Crippen molar-refractivity contribution in [3.05, 3.63) is 106 Å². The van der Waals surface area contributed by atoms with E-state index in [-0.39, 0.29) is 5.56 Å². The van der Waals surface area contributed by atoms with Gasteiger partial charge in [-0.25, -0.2) is 4.68 Å². The van der Waals surface area contributed by atoms with Gasteiger partial charge >= 0.3 is 0 Å². The average Bonchev–Trinajstić information content (AvgIpc) is 2.81. The van der Waals surface area contributed by atoms with Crippen LogP contribution in [0.25, 0.3) is 22.4 Å². The van der Waals surface area contributed by atoms with E-state index in [0.29, 0.717) is 22.9 Å². The lowest BCUT2D eigenvalue weighted by Crippen LogP contribution is -2.31. The number of aromatic nitrogens is 2. The number of aryl methyl sites for hydroxylation is 1. The van der Waals surface area contributed by atoms with E-state index >= 15 is 0 Å². The maximum Gasteiger partial charge on any atom is 0.280 e. The summed E-state index contributed by atoms with van der Waals surface area (Å²) >= 11 is 0. The minimum Gasteiger partial charge on any atom is -0.322 e. The number of nitrogens with one attached hydrogen (secondary N) is 1. The molecule has 0 radical (unpaired) electrons. The van der Waals surface area contributed by atoms with Crippen LogP contribution >= 0.6 is 0 Å². The van der Waals surface area contributed by atoms with Crippen LogP contribution in [0.1, 0.15) is 35.7 Å². The third kappa shape index (κ3) is 4.23. The van der Waals surface area contributed by atoms with Gasteiger partial charge in [0.1, 0.15) is 5.56 Å². The molecule has 0 saturated carbocycles. The summed E-state index contributed by atoms with van der Waals surface area (Å²) in [6, 6.07) is 26.7. The quantitative estimate of drug-likeness (QED) is 0.462. The number of benzene rings is 3. The summed E-state index contributed by atoms with van der Waals surface area (Å²) in [5.74, 6) is -0.0633. The second-order valence-electron chi connectivity index (χ2n) is 7.99. The zero-order valence-electron chi connectivity index (χ0n) is 18.4. The fourth-order valence-corrected chi connectivity index (χ4v) is 3.67. The molecule has 160 valence electrons. The fraction of sp³-hybridized carbons (Fsp3) is 0.148. The van der Waals surface area contributed by atoms with Crippen LogP contribution in [0, 0.1) is 0 Å². The molecule has 5 heteroatoms. The van der Waals surface area contributed by atoms with Gasteiger partial charge < -0.3 is 5.32 Å². The van der Waals surface area contributed by atoms with Crippen molar-refractivity contribution in [1.29, 1.82) is 0 Å². The molecule has 1 heterocycles. The highest BCUT2D eigenvalue weighted by molar-refractivity contribution is 6.10. The summed E-state index contributed by atoms with van der Waals surface area (Å²) in [7, 11) is 1.57. The number of hydrogen-bond donors (Lipinski definition) is 1. The van der Waals surface area contributed by atoms with E-state index in [1.54, 1.807) is 7.05 Å². The summed E-state index contributed by atoms with van der Waals surface area (Å²) in [6.45, 7) is 4.23. The van der Waals surface area contributed by atoms with Gasteiger partial charge in [0, 0.05) is 23.9 Å². The number of hydrogen-bond acceptors (Lipinski definition) is 3. The van der Waals surface area contributed by atoms with Crippen LogP contribution < -0.4 is 10.9 Å². The number of rotatable bonds is 5. The fourth-order valence-electron chi connectivity index (χ4n) is 3.67. The van der Waals surface area contributed by atoms with Gasteiger partial charge in [-0.3, -0.25) is 9.59 Å². The standard InChI is InChI=1S/C27H25N3O2/c1-18(2)19-14-16-22(17-15-19)28-26(31)24-23(20-10-6-4-7-11-20)25(29-30(3)27(24)32)21-12-8-5-9-13-21/h4-18H,1-3H3,(H,28,31). The van der Waals surface area contributed by atoms with Crippen LogP contribution in [0.4, 0.5) is 5.69 Å². The Kier molecular flexibility index (Phi) is 5.99. The van der Waals surface area contributed by atoms with Crippen molar-refractivity contribution in [2.45, 2.75) is 19.8 Å². The molecule has 0 unspecified atom stereocenters. The Morgan fingerprint density at radius 1 is 0.844 bits per heavy atom. The molecule has 0 atom stereocenters. The normalized spacial score (nSPS) is 10.9. The number of amides is 1.